The summed E-state index contributed by atoms with van der Waals surface area (Å²) in [6.45, 7) is 4.84. The fourth-order valence-corrected chi connectivity index (χ4v) is 2.75. The molecule has 21 heavy (non-hydrogen) atoms. The molecule has 0 fully saturated rings. The summed E-state index contributed by atoms with van der Waals surface area (Å²) in [4.78, 5) is 0.271. The molecule has 0 radical (unpaired) electrons. The largest absolute Gasteiger partial charge is 0.384 e. The van der Waals surface area contributed by atoms with Crippen LogP contribution in [-0.2, 0) is 10.0 Å². The van der Waals surface area contributed by atoms with E-state index >= 15 is 0 Å². The molecule has 6 heteroatoms. The molecule has 1 N–H and O–H groups in total. The maximum absolute atomic E-state index is 12.1. The van der Waals surface area contributed by atoms with Crippen LogP contribution in [0.2, 0.25) is 0 Å². The lowest BCUT2D eigenvalue weighted by molar-refractivity contribution is 0.364. The monoisotopic (exact) mass is 309 g/mol. The van der Waals surface area contributed by atoms with Crippen LogP contribution >= 0.6 is 0 Å². The fourth-order valence-electron chi connectivity index (χ4n) is 1.80. The molecule has 0 unspecified atom stereocenters. The minimum absolute atomic E-state index is 0.0217. The number of rotatable bonds is 7. The van der Waals surface area contributed by atoms with E-state index in [9.17, 15) is 8.42 Å². The predicted molar refractivity (Wildman–Crippen MR) is 84.4 cm³/mol. The van der Waals surface area contributed by atoms with Gasteiger partial charge >= 0.3 is 0 Å². The third-order valence-corrected chi connectivity index (χ3v) is 5.11. The number of nitriles is 1. The van der Waals surface area contributed by atoms with Crippen LogP contribution in [0.25, 0.3) is 0 Å². The first-order valence-corrected chi connectivity index (χ1v) is 8.26. The van der Waals surface area contributed by atoms with E-state index in [1.807, 2.05) is 6.07 Å². The van der Waals surface area contributed by atoms with Crippen LogP contribution in [-0.4, -0.2) is 33.4 Å². The number of sulfonamides is 1. The number of anilines is 1. The van der Waals surface area contributed by atoms with Crippen molar-refractivity contribution in [2.75, 3.05) is 26.0 Å². The van der Waals surface area contributed by atoms with Crippen molar-refractivity contribution in [2.24, 2.45) is 5.41 Å². The van der Waals surface area contributed by atoms with Crippen LogP contribution in [0, 0.1) is 16.7 Å². The lowest BCUT2D eigenvalue weighted by Gasteiger charge is -2.24. The van der Waals surface area contributed by atoms with Crippen LogP contribution in [0.5, 0.6) is 0 Å². The van der Waals surface area contributed by atoms with E-state index in [1.165, 1.54) is 18.4 Å². The van der Waals surface area contributed by atoms with Gasteiger partial charge in [0.1, 0.15) is 0 Å². The number of benzene rings is 1. The van der Waals surface area contributed by atoms with Crippen LogP contribution in [0.1, 0.15) is 26.7 Å². The van der Waals surface area contributed by atoms with Gasteiger partial charge in [0.05, 0.1) is 11.0 Å². The van der Waals surface area contributed by atoms with Crippen molar-refractivity contribution in [1.29, 1.82) is 5.26 Å². The maximum Gasteiger partial charge on any atom is 0.242 e. The average Bonchev–Trinajstić information content (AvgIpc) is 2.43. The molecular formula is C15H23N3O2S. The highest BCUT2D eigenvalue weighted by Gasteiger charge is 2.19. The number of hydrogen-bond acceptors (Lipinski definition) is 4. The smallest absolute Gasteiger partial charge is 0.242 e. The van der Waals surface area contributed by atoms with E-state index in [0.29, 0.717) is 13.0 Å². The zero-order chi connectivity index (χ0) is 16.1. The number of nitrogens with zero attached hydrogens (tertiary/aromatic N) is 2. The summed E-state index contributed by atoms with van der Waals surface area (Å²) in [5.74, 6) is 0. The lowest BCUT2D eigenvalue weighted by Crippen LogP contribution is -2.24. The molecule has 1 aromatic rings. The molecule has 0 atom stereocenters. The quantitative estimate of drug-likeness (QED) is 0.840. The molecule has 116 valence electrons. The first-order valence-electron chi connectivity index (χ1n) is 6.82. The van der Waals surface area contributed by atoms with Crippen molar-refractivity contribution >= 4 is 15.7 Å². The molecule has 1 aromatic carbocycles. The van der Waals surface area contributed by atoms with Gasteiger partial charge in [-0.2, -0.15) is 5.26 Å². The average molecular weight is 309 g/mol. The summed E-state index contributed by atoms with van der Waals surface area (Å²) >= 11 is 0. The Balaban J connectivity index is 2.81. The first kappa shape index (κ1) is 17.5. The Labute approximate surface area is 127 Å². The van der Waals surface area contributed by atoms with Crippen molar-refractivity contribution in [3.63, 3.8) is 0 Å². The minimum Gasteiger partial charge on any atom is -0.384 e. The van der Waals surface area contributed by atoms with E-state index in [1.54, 1.807) is 18.2 Å². The topological polar surface area (TPSA) is 73.2 Å². The summed E-state index contributed by atoms with van der Waals surface area (Å²) in [6, 6.07) is 8.94. The van der Waals surface area contributed by atoms with Gasteiger partial charge in [-0.15, -0.1) is 0 Å². The van der Waals surface area contributed by atoms with Gasteiger partial charge in [-0.3, -0.25) is 0 Å². The summed E-state index contributed by atoms with van der Waals surface area (Å²) in [7, 11) is -0.388. The number of hydrogen-bond donors (Lipinski definition) is 1. The SMILES string of the molecule is CN(C)S(=O)(=O)c1cccc(NCC(C)(C)CCC#N)c1. The van der Waals surface area contributed by atoms with Gasteiger partial charge in [0.2, 0.25) is 10.0 Å². The highest BCUT2D eigenvalue weighted by Crippen LogP contribution is 2.24. The predicted octanol–water partition coefficient (Wildman–Crippen LogP) is 2.68. The summed E-state index contributed by atoms with van der Waals surface area (Å²) in [5.41, 5.74) is 0.745. The van der Waals surface area contributed by atoms with Crippen LogP contribution in [0.4, 0.5) is 5.69 Å². The minimum atomic E-state index is -3.42. The molecule has 0 saturated carbocycles. The van der Waals surface area contributed by atoms with Gasteiger partial charge in [-0.25, -0.2) is 12.7 Å². The third-order valence-electron chi connectivity index (χ3n) is 3.30. The van der Waals surface area contributed by atoms with Crippen molar-refractivity contribution < 1.29 is 8.42 Å². The van der Waals surface area contributed by atoms with Gasteiger partial charge in [0.25, 0.3) is 0 Å². The fraction of sp³-hybridized carbons (Fsp3) is 0.533. The van der Waals surface area contributed by atoms with Gasteiger partial charge in [0, 0.05) is 32.7 Å². The zero-order valence-electron chi connectivity index (χ0n) is 13.0. The Bertz CT molecular complexity index is 616. The molecule has 0 aliphatic carbocycles. The normalized spacial score (nSPS) is 12.2. The van der Waals surface area contributed by atoms with Gasteiger partial charge < -0.3 is 5.32 Å². The molecule has 0 aliphatic heterocycles. The summed E-state index contributed by atoms with van der Waals surface area (Å²) < 4.78 is 25.4. The van der Waals surface area contributed by atoms with Crippen LogP contribution in [0.3, 0.4) is 0 Å². The molecule has 0 bridgehead atoms. The summed E-state index contributed by atoms with van der Waals surface area (Å²) in [6.07, 6.45) is 1.32. The molecule has 1 rings (SSSR count). The maximum atomic E-state index is 12.1. The molecule has 0 aromatic heterocycles. The summed E-state index contributed by atoms with van der Waals surface area (Å²) in [5, 5.41) is 11.9. The molecule has 0 aliphatic rings. The molecule has 0 saturated heterocycles. The Morgan fingerprint density at radius 2 is 2.00 bits per heavy atom. The van der Waals surface area contributed by atoms with Crippen molar-refractivity contribution in [1.82, 2.24) is 4.31 Å². The molecule has 5 nitrogen and oxygen atoms in total. The van der Waals surface area contributed by atoms with E-state index < -0.39 is 10.0 Å². The zero-order valence-corrected chi connectivity index (χ0v) is 13.9. The van der Waals surface area contributed by atoms with Gasteiger partial charge in [-0.05, 0) is 30.0 Å². The Hall–Kier alpha value is -1.58. The Morgan fingerprint density at radius 3 is 2.57 bits per heavy atom. The Kier molecular flexibility index (Phi) is 5.76. The highest BCUT2D eigenvalue weighted by molar-refractivity contribution is 7.89. The standard InChI is InChI=1S/C15H23N3O2S/c1-15(2,9-6-10-16)12-17-13-7-5-8-14(11-13)21(19,20)18(3)4/h5,7-8,11,17H,6,9,12H2,1-4H3. The molecule has 0 heterocycles. The number of nitrogens with one attached hydrogen (secondary N) is 1. The van der Waals surface area contributed by atoms with E-state index in [0.717, 1.165) is 12.1 Å². The first-order chi connectivity index (χ1) is 9.69. The second-order valence-corrected chi connectivity index (χ2v) is 8.14. The van der Waals surface area contributed by atoms with E-state index in [4.69, 9.17) is 5.26 Å². The van der Waals surface area contributed by atoms with Crippen LogP contribution in [0.15, 0.2) is 29.2 Å². The Morgan fingerprint density at radius 1 is 1.33 bits per heavy atom. The molecule has 0 spiro atoms. The second-order valence-electron chi connectivity index (χ2n) is 5.99. The highest BCUT2D eigenvalue weighted by atomic mass is 32.2. The van der Waals surface area contributed by atoms with Gasteiger partial charge in [-0.1, -0.05) is 19.9 Å². The van der Waals surface area contributed by atoms with E-state index in [2.05, 4.69) is 25.2 Å². The van der Waals surface area contributed by atoms with Gasteiger partial charge in [0.15, 0.2) is 0 Å². The lowest BCUT2D eigenvalue weighted by atomic mass is 9.88. The molecule has 0 amide bonds. The van der Waals surface area contributed by atoms with Crippen molar-refractivity contribution in [2.45, 2.75) is 31.6 Å². The molecular weight excluding hydrogens is 286 g/mol. The second kappa shape index (κ2) is 6.92. The van der Waals surface area contributed by atoms with Crippen LogP contribution < -0.4 is 5.32 Å². The van der Waals surface area contributed by atoms with E-state index in [-0.39, 0.29) is 10.3 Å². The van der Waals surface area contributed by atoms with Crippen molar-refractivity contribution in [3.8, 4) is 6.07 Å². The van der Waals surface area contributed by atoms with Crippen molar-refractivity contribution in [3.05, 3.63) is 24.3 Å². The third kappa shape index (κ3) is 5.03.